The Morgan fingerprint density at radius 1 is 1.28 bits per heavy atom. The highest BCUT2D eigenvalue weighted by Gasteiger charge is 2.17. The van der Waals surface area contributed by atoms with Gasteiger partial charge in [0.15, 0.2) is 11.6 Å². The molecular weight excluding hydrogens is 230 g/mol. The van der Waals surface area contributed by atoms with E-state index < -0.39 is 0 Å². The Morgan fingerprint density at radius 2 is 1.94 bits per heavy atom. The molecule has 1 aromatic carbocycles. The summed E-state index contributed by atoms with van der Waals surface area (Å²) in [5.74, 6) is 0.0419. The van der Waals surface area contributed by atoms with Crippen LogP contribution in [0.4, 0.5) is 0 Å². The number of nitrogens with zero attached hydrogens (tertiary/aromatic N) is 1. The van der Waals surface area contributed by atoms with Crippen LogP contribution in [0.3, 0.4) is 0 Å². The lowest BCUT2D eigenvalue weighted by Gasteiger charge is -2.09. The molecule has 0 aromatic heterocycles. The van der Waals surface area contributed by atoms with Gasteiger partial charge in [0.05, 0.1) is 12.7 Å². The highest BCUT2D eigenvalue weighted by atomic mass is 16.5. The van der Waals surface area contributed by atoms with Crippen LogP contribution in [-0.2, 0) is 4.79 Å². The molecule has 0 fully saturated rings. The molecule has 0 atom stereocenters. The minimum Gasteiger partial charge on any atom is -0.497 e. The van der Waals surface area contributed by atoms with Crippen LogP contribution in [-0.4, -0.2) is 37.7 Å². The molecule has 0 aliphatic carbocycles. The van der Waals surface area contributed by atoms with E-state index in [1.54, 1.807) is 43.3 Å². The molecule has 96 valence electrons. The van der Waals surface area contributed by atoms with E-state index in [4.69, 9.17) is 4.74 Å². The zero-order valence-electron chi connectivity index (χ0n) is 11.1. The third-order valence-corrected chi connectivity index (χ3v) is 2.34. The molecule has 0 unspecified atom stereocenters. The van der Waals surface area contributed by atoms with Crippen molar-refractivity contribution in [1.29, 1.82) is 0 Å². The standard InChI is InChI=1S/C14H17NO3/c1-10(16)13(9-15(2)3)14(17)11-6-5-7-12(8-11)18-4/h5-9H,1-4H3. The van der Waals surface area contributed by atoms with Gasteiger partial charge in [-0.15, -0.1) is 0 Å². The number of ether oxygens (including phenoxy) is 1. The Labute approximate surface area is 107 Å². The van der Waals surface area contributed by atoms with Crippen LogP contribution >= 0.6 is 0 Å². The first-order valence-corrected chi connectivity index (χ1v) is 5.53. The van der Waals surface area contributed by atoms with Crippen LogP contribution in [0.2, 0.25) is 0 Å². The maximum absolute atomic E-state index is 12.2. The van der Waals surface area contributed by atoms with Crippen LogP contribution in [0, 0.1) is 0 Å². The van der Waals surface area contributed by atoms with Gasteiger partial charge in [-0.3, -0.25) is 9.59 Å². The number of carbonyl (C=O) groups is 2. The van der Waals surface area contributed by atoms with Gasteiger partial charge >= 0.3 is 0 Å². The van der Waals surface area contributed by atoms with Crippen LogP contribution in [0.25, 0.3) is 0 Å². The lowest BCUT2D eigenvalue weighted by Crippen LogP contribution is -2.15. The van der Waals surface area contributed by atoms with Crippen molar-refractivity contribution in [1.82, 2.24) is 4.90 Å². The molecule has 0 heterocycles. The quantitative estimate of drug-likeness (QED) is 0.345. The number of carbonyl (C=O) groups excluding carboxylic acids is 2. The van der Waals surface area contributed by atoms with Crippen LogP contribution in [0.1, 0.15) is 17.3 Å². The summed E-state index contributed by atoms with van der Waals surface area (Å²) in [6.45, 7) is 1.38. The molecule has 0 saturated carbocycles. The molecule has 0 bridgehead atoms. The predicted octanol–water partition coefficient (Wildman–Crippen LogP) is 1.91. The summed E-state index contributed by atoms with van der Waals surface area (Å²) in [5, 5.41) is 0. The highest BCUT2D eigenvalue weighted by molar-refractivity contribution is 6.25. The Balaban J connectivity index is 3.14. The Bertz CT molecular complexity index is 490. The first-order chi connectivity index (χ1) is 8.45. The topological polar surface area (TPSA) is 46.6 Å². The number of Topliss-reactive ketones (excluding diaryl/α,β-unsaturated/α-hetero) is 2. The molecule has 0 spiro atoms. The summed E-state index contributed by atoms with van der Waals surface area (Å²) in [6.07, 6.45) is 1.53. The molecular formula is C14H17NO3. The Hall–Kier alpha value is -2.10. The van der Waals surface area contributed by atoms with Crippen molar-refractivity contribution in [3.05, 3.63) is 41.6 Å². The molecule has 1 rings (SSSR count). The lowest BCUT2D eigenvalue weighted by molar-refractivity contribution is -0.113. The number of hydrogen-bond donors (Lipinski definition) is 0. The summed E-state index contributed by atoms with van der Waals surface area (Å²) in [7, 11) is 5.06. The van der Waals surface area contributed by atoms with Crippen molar-refractivity contribution >= 4 is 11.6 Å². The van der Waals surface area contributed by atoms with Crippen LogP contribution in [0.15, 0.2) is 36.0 Å². The van der Waals surface area contributed by atoms with Crippen molar-refractivity contribution < 1.29 is 14.3 Å². The number of rotatable bonds is 5. The first-order valence-electron chi connectivity index (χ1n) is 5.53. The Morgan fingerprint density at radius 3 is 2.44 bits per heavy atom. The molecule has 0 saturated heterocycles. The van der Waals surface area contributed by atoms with E-state index in [0.29, 0.717) is 11.3 Å². The summed E-state index contributed by atoms with van der Waals surface area (Å²) < 4.78 is 5.06. The maximum Gasteiger partial charge on any atom is 0.198 e. The molecule has 0 radical (unpaired) electrons. The molecule has 1 aromatic rings. The zero-order chi connectivity index (χ0) is 13.7. The van der Waals surface area contributed by atoms with Gasteiger partial charge in [0.25, 0.3) is 0 Å². The fourth-order valence-corrected chi connectivity index (χ4v) is 1.49. The van der Waals surface area contributed by atoms with E-state index in [0.717, 1.165) is 0 Å². The molecule has 18 heavy (non-hydrogen) atoms. The van der Waals surface area contributed by atoms with E-state index in [-0.39, 0.29) is 17.1 Å². The van der Waals surface area contributed by atoms with Crippen molar-refractivity contribution in [3.8, 4) is 5.75 Å². The monoisotopic (exact) mass is 247 g/mol. The molecule has 0 N–H and O–H groups in total. The second-order valence-corrected chi connectivity index (χ2v) is 4.12. The average molecular weight is 247 g/mol. The van der Waals surface area contributed by atoms with Gasteiger partial charge < -0.3 is 9.64 Å². The zero-order valence-corrected chi connectivity index (χ0v) is 11.1. The summed E-state index contributed by atoms with van der Waals surface area (Å²) in [6, 6.07) is 6.76. The molecule has 4 heteroatoms. The number of benzene rings is 1. The third kappa shape index (κ3) is 3.45. The van der Waals surface area contributed by atoms with Crippen LogP contribution in [0.5, 0.6) is 5.75 Å². The SMILES string of the molecule is COc1cccc(C(=O)C(=CN(C)C)C(C)=O)c1. The second-order valence-electron chi connectivity index (χ2n) is 4.12. The van der Waals surface area contributed by atoms with Gasteiger partial charge in [-0.1, -0.05) is 12.1 Å². The van der Waals surface area contributed by atoms with E-state index in [1.807, 2.05) is 0 Å². The normalized spacial score (nSPS) is 11.0. The van der Waals surface area contributed by atoms with Crippen molar-refractivity contribution in [2.45, 2.75) is 6.92 Å². The lowest BCUT2D eigenvalue weighted by atomic mass is 10.0. The number of hydrogen-bond acceptors (Lipinski definition) is 4. The van der Waals surface area contributed by atoms with E-state index in [2.05, 4.69) is 0 Å². The maximum atomic E-state index is 12.2. The fraction of sp³-hybridized carbons (Fsp3) is 0.286. The van der Waals surface area contributed by atoms with Gasteiger partial charge in [-0.05, 0) is 19.1 Å². The van der Waals surface area contributed by atoms with Gasteiger partial charge in [0, 0.05) is 25.9 Å². The number of allylic oxidation sites excluding steroid dienone is 1. The van der Waals surface area contributed by atoms with Gasteiger partial charge in [-0.25, -0.2) is 0 Å². The number of ketones is 2. The average Bonchev–Trinajstić information content (AvgIpc) is 2.34. The largest absolute Gasteiger partial charge is 0.497 e. The van der Waals surface area contributed by atoms with E-state index in [9.17, 15) is 9.59 Å². The Kier molecular flexibility index (Phi) is 4.66. The molecule has 0 aliphatic heterocycles. The van der Waals surface area contributed by atoms with E-state index >= 15 is 0 Å². The predicted molar refractivity (Wildman–Crippen MR) is 69.8 cm³/mol. The van der Waals surface area contributed by atoms with E-state index in [1.165, 1.54) is 20.2 Å². The molecule has 0 aliphatic rings. The second kappa shape index (κ2) is 6.00. The number of methoxy groups -OCH3 is 1. The van der Waals surface area contributed by atoms with Crippen molar-refractivity contribution in [3.63, 3.8) is 0 Å². The fourth-order valence-electron chi connectivity index (χ4n) is 1.49. The molecule has 0 amide bonds. The highest BCUT2D eigenvalue weighted by Crippen LogP contribution is 2.16. The van der Waals surface area contributed by atoms with Crippen molar-refractivity contribution in [2.75, 3.05) is 21.2 Å². The van der Waals surface area contributed by atoms with Gasteiger partial charge in [-0.2, -0.15) is 0 Å². The summed E-state index contributed by atoms with van der Waals surface area (Å²) in [5.41, 5.74) is 0.603. The van der Waals surface area contributed by atoms with Gasteiger partial charge in [0.1, 0.15) is 5.75 Å². The minimum absolute atomic E-state index is 0.160. The smallest absolute Gasteiger partial charge is 0.198 e. The minimum atomic E-state index is -0.296. The summed E-state index contributed by atoms with van der Waals surface area (Å²) >= 11 is 0. The van der Waals surface area contributed by atoms with Crippen LogP contribution < -0.4 is 4.74 Å². The third-order valence-electron chi connectivity index (χ3n) is 2.34. The van der Waals surface area contributed by atoms with Gasteiger partial charge in [0.2, 0.25) is 0 Å². The summed E-state index contributed by atoms with van der Waals surface area (Å²) in [4.78, 5) is 25.4. The van der Waals surface area contributed by atoms with Crippen molar-refractivity contribution in [2.24, 2.45) is 0 Å². The first kappa shape index (κ1) is 14.0. The molecule has 4 nitrogen and oxygen atoms in total.